The van der Waals surface area contributed by atoms with Crippen LogP contribution >= 0.6 is 69.6 Å². The first-order valence-corrected chi connectivity index (χ1v) is 10.1. The van der Waals surface area contributed by atoms with Crippen LogP contribution in [-0.2, 0) is 0 Å². The molecule has 2 aromatic rings. The highest BCUT2D eigenvalue weighted by Crippen LogP contribution is 2.29. The van der Waals surface area contributed by atoms with Crippen molar-refractivity contribution in [3.63, 3.8) is 0 Å². The summed E-state index contributed by atoms with van der Waals surface area (Å²) in [7, 11) is 0. The van der Waals surface area contributed by atoms with E-state index in [1.165, 1.54) is 0 Å². The lowest BCUT2D eigenvalue weighted by Crippen LogP contribution is -2.56. The molecule has 0 aliphatic carbocycles. The van der Waals surface area contributed by atoms with Gasteiger partial charge in [-0.1, -0.05) is 65.1 Å². The average Bonchev–Trinajstić information content (AvgIpc) is 2.56. The first kappa shape index (κ1) is 21.5. The van der Waals surface area contributed by atoms with Crippen LogP contribution in [0.25, 0.3) is 0 Å². The van der Waals surface area contributed by atoms with Crippen LogP contribution in [0.3, 0.4) is 0 Å². The van der Waals surface area contributed by atoms with Gasteiger partial charge < -0.3 is 16.0 Å². The lowest BCUT2D eigenvalue weighted by Gasteiger charge is -2.28. The maximum atomic E-state index is 12.5. The first-order chi connectivity index (χ1) is 12.2. The minimum absolute atomic E-state index is 0.218. The van der Waals surface area contributed by atoms with Crippen LogP contribution in [0.2, 0.25) is 0 Å². The second kappa shape index (κ2) is 9.41. The Balaban J connectivity index is 2.10. The van der Waals surface area contributed by atoms with Crippen molar-refractivity contribution >= 4 is 86.3 Å². The van der Waals surface area contributed by atoms with Crippen LogP contribution in [0.4, 0.5) is 5.69 Å². The van der Waals surface area contributed by atoms with Gasteiger partial charge in [-0.3, -0.25) is 4.79 Å². The monoisotopic (exact) mass is 541 g/mol. The molecule has 0 fully saturated rings. The number of benzene rings is 2. The highest BCUT2D eigenvalue weighted by molar-refractivity contribution is 14.1. The molecular formula is C17H15Cl3IN3OS. The number of para-hydroxylation sites is 1. The Morgan fingerprint density at radius 1 is 1.08 bits per heavy atom. The maximum absolute atomic E-state index is 12.5. The third-order valence-electron chi connectivity index (χ3n) is 3.39. The van der Waals surface area contributed by atoms with Gasteiger partial charge in [-0.25, -0.2) is 0 Å². The Morgan fingerprint density at radius 3 is 2.31 bits per heavy atom. The minimum atomic E-state index is -1.81. The van der Waals surface area contributed by atoms with Gasteiger partial charge in [-0.2, -0.15) is 0 Å². The zero-order chi connectivity index (χ0) is 19.3. The van der Waals surface area contributed by atoms with Crippen molar-refractivity contribution in [1.29, 1.82) is 0 Å². The fourth-order valence-electron chi connectivity index (χ4n) is 2.09. The summed E-state index contributed by atoms with van der Waals surface area (Å²) in [5.41, 5.74) is 2.11. The van der Waals surface area contributed by atoms with E-state index in [0.29, 0.717) is 5.56 Å². The molecule has 0 saturated carbocycles. The molecule has 0 aliphatic heterocycles. The van der Waals surface area contributed by atoms with Gasteiger partial charge in [0.15, 0.2) is 5.11 Å². The minimum Gasteiger partial charge on any atom is -0.339 e. The van der Waals surface area contributed by atoms with Crippen LogP contribution in [-0.4, -0.2) is 21.0 Å². The second-order valence-corrected chi connectivity index (χ2v) is 9.28. The van der Waals surface area contributed by atoms with Crippen LogP contribution in [0.15, 0.2) is 48.5 Å². The van der Waals surface area contributed by atoms with Crippen LogP contribution in [0.1, 0.15) is 15.9 Å². The van der Waals surface area contributed by atoms with Gasteiger partial charge in [0.25, 0.3) is 5.91 Å². The zero-order valence-electron chi connectivity index (χ0n) is 13.5. The highest BCUT2D eigenvalue weighted by Gasteiger charge is 2.35. The summed E-state index contributed by atoms with van der Waals surface area (Å²) in [6.07, 6.45) is -1.03. The average molecular weight is 543 g/mol. The number of hydrogen-bond acceptors (Lipinski definition) is 2. The third kappa shape index (κ3) is 6.13. The molecule has 2 rings (SSSR count). The summed E-state index contributed by atoms with van der Waals surface area (Å²) in [6.45, 7) is 1.83. The summed E-state index contributed by atoms with van der Waals surface area (Å²) in [4.78, 5) is 12.5. The van der Waals surface area contributed by atoms with E-state index < -0.39 is 9.96 Å². The van der Waals surface area contributed by atoms with Crippen molar-refractivity contribution < 1.29 is 4.79 Å². The van der Waals surface area contributed by atoms with Gasteiger partial charge in [0.1, 0.15) is 6.17 Å². The van der Waals surface area contributed by atoms with E-state index in [-0.39, 0.29) is 11.0 Å². The van der Waals surface area contributed by atoms with E-state index in [9.17, 15) is 4.79 Å². The number of nitrogens with one attached hydrogen (secondary N) is 3. The number of alkyl halides is 3. The number of amides is 1. The highest BCUT2D eigenvalue weighted by atomic mass is 127. The molecule has 4 nitrogen and oxygen atoms in total. The van der Waals surface area contributed by atoms with Gasteiger partial charge in [-0.15, -0.1) is 0 Å². The van der Waals surface area contributed by atoms with Gasteiger partial charge in [0, 0.05) is 9.13 Å². The molecule has 0 radical (unpaired) electrons. The topological polar surface area (TPSA) is 53.2 Å². The van der Waals surface area contributed by atoms with Crippen molar-refractivity contribution in [2.24, 2.45) is 0 Å². The fourth-order valence-corrected chi connectivity index (χ4v) is 3.17. The number of anilines is 1. The van der Waals surface area contributed by atoms with E-state index in [4.69, 9.17) is 47.0 Å². The fraction of sp³-hybridized carbons (Fsp3) is 0.176. The summed E-state index contributed by atoms with van der Waals surface area (Å²) in [5.74, 6) is -0.371. The molecule has 0 spiro atoms. The van der Waals surface area contributed by atoms with Gasteiger partial charge >= 0.3 is 0 Å². The summed E-state index contributed by atoms with van der Waals surface area (Å²) in [5, 5.41) is 8.75. The molecule has 0 saturated heterocycles. The van der Waals surface area contributed by atoms with E-state index >= 15 is 0 Å². The Kier molecular flexibility index (Phi) is 7.78. The van der Waals surface area contributed by atoms with Crippen LogP contribution < -0.4 is 16.0 Å². The summed E-state index contributed by atoms with van der Waals surface area (Å²) < 4.78 is -0.836. The Hall–Kier alpha value is -0.800. The number of halogens is 4. The van der Waals surface area contributed by atoms with Crippen LogP contribution in [0.5, 0.6) is 0 Å². The number of aryl methyl sites for hydroxylation is 1. The predicted octanol–water partition coefficient (Wildman–Crippen LogP) is 5.01. The number of carbonyl (C=O) groups excluding carboxylic acids is 1. The number of carbonyl (C=O) groups is 1. The zero-order valence-corrected chi connectivity index (χ0v) is 18.8. The predicted molar refractivity (Wildman–Crippen MR) is 121 cm³/mol. The Labute approximate surface area is 186 Å². The standard InChI is InChI=1S/C17H15Cl3IN3OS/c1-10-6-2-3-7-11(10)14(25)23-15(17(18,19)20)24-16(26)22-13-9-5-4-8-12(13)21/h2-9,15H,1H3,(H,23,25)(H2,22,24,26). The molecular weight excluding hydrogens is 528 g/mol. The molecule has 1 unspecified atom stereocenters. The molecule has 0 aliphatic rings. The number of hydrogen-bond donors (Lipinski definition) is 3. The Bertz CT molecular complexity index is 814. The van der Waals surface area contributed by atoms with E-state index in [2.05, 4.69) is 38.5 Å². The lowest BCUT2D eigenvalue weighted by molar-refractivity contribution is 0.0934. The van der Waals surface area contributed by atoms with Gasteiger partial charge in [-0.05, 0) is 65.5 Å². The number of thiocarbonyl (C=S) groups is 1. The van der Waals surface area contributed by atoms with E-state index in [1.807, 2.05) is 43.3 Å². The number of rotatable bonds is 4. The SMILES string of the molecule is Cc1ccccc1C(=O)NC(NC(=S)Nc1ccccc1I)C(Cl)(Cl)Cl. The van der Waals surface area contributed by atoms with Crippen molar-refractivity contribution in [2.75, 3.05) is 5.32 Å². The summed E-state index contributed by atoms with van der Waals surface area (Å²) in [6, 6.07) is 14.7. The van der Waals surface area contributed by atoms with Gasteiger partial charge in [0.05, 0.1) is 5.69 Å². The Morgan fingerprint density at radius 2 is 1.69 bits per heavy atom. The maximum Gasteiger partial charge on any atom is 0.253 e. The van der Waals surface area contributed by atoms with Crippen molar-refractivity contribution in [1.82, 2.24) is 10.6 Å². The van der Waals surface area contributed by atoms with E-state index in [0.717, 1.165) is 14.8 Å². The molecule has 2 aromatic carbocycles. The van der Waals surface area contributed by atoms with Gasteiger partial charge in [0.2, 0.25) is 3.79 Å². The first-order valence-electron chi connectivity index (χ1n) is 7.43. The van der Waals surface area contributed by atoms with Crippen molar-refractivity contribution in [2.45, 2.75) is 16.9 Å². The normalized spacial score (nSPS) is 12.2. The van der Waals surface area contributed by atoms with Crippen molar-refractivity contribution in [3.05, 3.63) is 63.2 Å². The molecule has 1 amide bonds. The molecule has 9 heteroatoms. The molecule has 0 heterocycles. The van der Waals surface area contributed by atoms with Crippen LogP contribution in [0, 0.1) is 10.5 Å². The lowest BCUT2D eigenvalue weighted by atomic mass is 10.1. The molecule has 0 aromatic heterocycles. The molecule has 0 bridgehead atoms. The largest absolute Gasteiger partial charge is 0.339 e. The van der Waals surface area contributed by atoms with Crippen molar-refractivity contribution in [3.8, 4) is 0 Å². The molecule has 138 valence electrons. The molecule has 1 atom stereocenters. The molecule has 26 heavy (non-hydrogen) atoms. The second-order valence-electron chi connectivity index (χ2n) is 5.34. The quantitative estimate of drug-likeness (QED) is 0.220. The third-order valence-corrected chi connectivity index (χ3v) is 5.21. The summed E-state index contributed by atoms with van der Waals surface area (Å²) >= 11 is 25.5. The smallest absolute Gasteiger partial charge is 0.253 e. The molecule has 3 N–H and O–H groups in total. The van der Waals surface area contributed by atoms with E-state index in [1.54, 1.807) is 12.1 Å².